The van der Waals surface area contributed by atoms with Gasteiger partial charge in [-0.1, -0.05) is 0 Å². The van der Waals surface area contributed by atoms with Crippen LogP contribution in [0.2, 0.25) is 0 Å². The number of piperazine rings is 1. The smallest absolute Gasteiger partial charge is 0.337 e. The van der Waals surface area contributed by atoms with E-state index in [9.17, 15) is 14.7 Å². The Balaban J connectivity index is 1.85. The highest BCUT2D eigenvalue weighted by Gasteiger charge is 2.36. The third-order valence-corrected chi connectivity index (χ3v) is 3.60. The minimum Gasteiger partial charge on any atom is -0.478 e. The molecule has 2 amide bonds. The molecule has 3 rings (SSSR count). The van der Waals surface area contributed by atoms with Crippen LogP contribution < -0.4 is 10.2 Å². The summed E-state index contributed by atoms with van der Waals surface area (Å²) in [5.74, 6) is -0.958. The van der Waals surface area contributed by atoms with Gasteiger partial charge in [-0.25, -0.2) is 9.59 Å². The summed E-state index contributed by atoms with van der Waals surface area (Å²) in [6, 6.07) is 1.57. The maximum atomic E-state index is 11.5. The molecule has 2 aliphatic rings. The van der Waals surface area contributed by atoms with Crippen molar-refractivity contribution in [3.8, 4) is 0 Å². The van der Waals surface area contributed by atoms with Crippen LogP contribution in [0.5, 0.6) is 0 Å². The number of amides is 2. The predicted molar refractivity (Wildman–Crippen MR) is 67.3 cm³/mol. The topological polar surface area (TPSA) is 85.8 Å². The average molecular weight is 262 g/mol. The van der Waals surface area contributed by atoms with Gasteiger partial charge in [0.1, 0.15) is 0 Å². The number of carbonyl (C=O) groups is 2. The fraction of sp³-hybridized carbons (Fsp3) is 0.417. The summed E-state index contributed by atoms with van der Waals surface area (Å²) < 4.78 is 0. The fourth-order valence-corrected chi connectivity index (χ4v) is 2.64. The number of aromatic nitrogens is 1. The van der Waals surface area contributed by atoms with E-state index < -0.39 is 5.97 Å². The molecule has 100 valence electrons. The van der Waals surface area contributed by atoms with Gasteiger partial charge >= 0.3 is 12.0 Å². The van der Waals surface area contributed by atoms with Gasteiger partial charge in [-0.2, -0.15) is 0 Å². The number of carboxylic acid groups (broad SMARTS) is 1. The minimum atomic E-state index is -0.958. The Hall–Kier alpha value is -2.31. The van der Waals surface area contributed by atoms with Gasteiger partial charge in [0, 0.05) is 32.4 Å². The highest BCUT2D eigenvalue weighted by atomic mass is 16.4. The SMILES string of the molecule is O=C(O)c1ccncc1N1CCN2C(=O)NCC2C1. The molecule has 2 saturated heterocycles. The molecule has 19 heavy (non-hydrogen) atoms. The predicted octanol–water partition coefficient (Wildman–Crippen LogP) is -0.00640. The summed E-state index contributed by atoms with van der Waals surface area (Å²) in [6.45, 7) is 2.46. The molecule has 3 heterocycles. The maximum absolute atomic E-state index is 11.5. The number of aromatic carboxylic acids is 1. The van der Waals surface area contributed by atoms with Gasteiger partial charge in [0.2, 0.25) is 0 Å². The van der Waals surface area contributed by atoms with Gasteiger partial charge in [-0.15, -0.1) is 0 Å². The van der Waals surface area contributed by atoms with Crippen LogP contribution in [-0.2, 0) is 0 Å². The van der Waals surface area contributed by atoms with Crippen molar-refractivity contribution in [2.75, 3.05) is 31.1 Å². The number of rotatable bonds is 2. The Morgan fingerprint density at radius 1 is 1.47 bits per heavy atom. The Bertz CT molecular complexity index is 533. The van der Waals surface area contributed by atoms with E-state index in [0.29, 0.717) is 31.9 Å². The third kappa shape index (κ3) is 1.96. The van der Waals surface area contributed by atoms with Crippen LogP contribution in [0.1, 0.15) is 10.4 Å². The van der Waals surface area contributed by atoms with Crippen molar-refractivity contribution >= 4 is 17.7 Å². The van der Waals surface area contributed by atoms with Crippen molar-refractivity contribution in [2.45, 2.75) is 6.04 Å². The van der Waals surface area contributed by atoms with Gasteiger partial charge in [0.15, 0.2) is 0 Å². The first kappa shape index (κ1) is 11.8. The number of hydrogen-bond acceptors (Lipinski definition) is 4. The zero-order valence-electron chi connectivity index (χ0n) is 10.2. The lowest BCUT2D eigenvalue weighted by molar-refractivity contribution is 0.0697. The number of nitrogens with one attached hydrogen (secondary N) is 1. The summed E-state index contributed by atoms with van der Waals surface area (Å²) in [5.41, 5.74) is 0.870. The number of nitrogens with zero attached hydrogens (tertiary/aromatic N) is 3. The molecule has 2 N–H and O–H groups in total. The molecule has 7 nitrogen and oxygen atoms in total. The van der Waals surface area contributed by atoms with Crippen LogP contribution in [0.3, 0.4) is 0 Å². The van der Waals surface area contributed by atoms with E-state index in [0.717, 1.165) is 0 Å². The zero-order chi connectivity index (χ0) is 13.4. The highest BCUT2D eigenvalue weighted by Crippen LogP contribution is 2.24. The summed E-state index contributed by atoms with van der Waals surface area (Å²) >= 11 is 0. The Labute approximate surface area is 109 Å². The zero-order valence-corrected chi connectivity index (χ0v) is 10.2. The standard InChI is InChI=1S/C12H14N4O3/c17-11(18)9-1-2-13-6-10(9)15-3-4-16-8(7-15)5-14-12(16)19/h1-2,6,8H,3-5,7H2,(H,14,19)(H,17,18). The Morgan fingerprint density at radius 3 is 3.11 bits per heavy atom. The van der Waals surface area contributed by atoms with Gasteiger partial charge < -0.3 is 20.2 Å². The number of urea groups is 1. The third-order valence-electron chi connectivity index (χ3n) is 3.60. The van der Waals surface area contributed by atoms with Crippen molar-refractivity contribution < 1.29 is 14.7 Å². The van der Waals surface area contributed by atoms with E-state index in [1.165, 1.54) is 12.3 Å². The molecule has 1 aromatic rings. The molecule has 0 saturated carbocycles. The Kier molecular flexibility index (Phi) is 2.73. The molecule has 0 bridgehead atoms. The highest BCUT2D eigenvalue weighted by molar-refractivity contribution is 5.94. The molecule has 0 spiro atoms. The van der Waals surface area contributed by atoms with Crippen molar-refractivity contribution in [3.63, 3.8) is 0 Å². The van der Waals surface area contributed by atoms with Crippen LogP contribution in [0.25, 0.3) is 0 Å². The number of fused-ring (bicyclic) bond motifs is 1. The number of carboxylic acids is 1. The fourth-order valence-electron chi connectivity index (χ4n) is 2.64. The van der Waals surface area contributed by atoms with Crippen LogP contribution in [0, 0.1) is 0 Å². The van der Waals surface area contributed by atoms with E-state index in [4.69, 9.17) is 0 Å². The van der Waals surface area contributed by atoms with Crippen LogP contribution >= 0.6 is 0 Å². The van der Waals surface area contributed by atoms with Gasteiger partial charge in [-0.3, -0.25) is 4.98 Å². The number of carbonyl (C=O) groups excluding carboxylic acids is 1. The summed E-state index contributed by atoms with van der Waals surface area (Å²) in [7, 11) is 0. The van der Waals surface area contributed by atoms with Crippen molar-refractivity contribution in [2.24, 2.45) is 0 Å². The van der Waals surface area contributed by atoms with Crippen molar-refractivity contribution in [3.05, 3.63) is 24.0 Å². The van der Waals surface area contributed by atoms with Gasteiger partial charge in [-0.05, 0) is 6.07 Å². The molecule has 1 unspecified atom stereocenters. The first-order valence-electron chi connectivity index (χ1n) is 6.13. The van der Waals surface area contributed by atoms with E-state index in [2.05, 4.69) is 10.3 Å². The summed E-state index contributed by atoms with van der Waals surface area (Å²) in [4.78, 5) is 30.5. The van der Waals surface area contributed by atoms with E-state index in [-0.39, 0.29) is 17.6 Å². The van der Waals surface area contributed by atoms with Gasteiger partial charge in [0.25, 0.3) is 0 Å². The molecule has 7 heteroatoms. The number of hydrogen-bond donors (Lipinski definition) is 2. The first-order valence-corrected chi connectivity index (χ1v) is 6.13. The van der Waals surface area contributed by atoms with Crippen LogP contribution in [-0.4, -0.2) is 59.2 Å². The lowest BCUT2D eigenvalue weighted by Crippen LogP contribution is -2.52. The van der Waals surface area contributed by atoms with E-state index >= 15 is 0 Å². The Morgan fingerprint density at radius 2 is 2.32 bits per heavy atom. The second-order valence-corrected chi connectivity index (χ2v) is 4.68. The first-order chi connectivity index (χ1) is 9.16. The molecular weight excluding hydrogens is 248 g/mol. The maximum Gasteiger partial charge on any atom is 0.337 e. The molecule has 2 aliphatic heterocycles. The molecule has 1 atom stereocenters. The van der Waals surface area contributed by atoms with E-state index in [1.807, 2.05) is 4.90 Å². The summed E-state index contributed by atoms with van der Waals surface area (Å²) in [5, 5.41) is 12.0. The monoisotopic (exact) mass is 262 g/mol. The molecule has 2 fully saturated rings. The van der Waals surface area contributed by atoms with E-state index in [1.54, 1.807) is 11.1 Å². The summed E-state index contributed by atoms with van der Waals surface area (Å²) in [6.07, 6.45) is 3.05. The number of pyridine rings is 1. The quantitative estimate of drug-likeness (QED) is 0.783. The molecular formula is C12H14N4O3. The molecule has 0 aliphatic carbocycles. The second-order valence-electron chi connectivity index (χ2n) is 4.68. The van der Waals surface area contributed by atoms with Crippen molar-refractivity contribution in [1.82, 2.24) is 15.2 Å². The van der Waals surface area contributed by atoms with Gasteiger partial charge in [0.05, 0.1) is 23.5 Å². The lowest BCUT2D eigenvalue weighted by atomic mass is 10.1. The lowest BCUT2D eigenvalue weighted by Gasteiger charge is -2.38. The molecule has 0 aromatic carbocycles. The number of anilines is 1. The minimum absolute atomic E-state index is 0.0331. The largest absolute Gasteiger partial charge is 0.478 e. The molecule has 0 radical (unpaired) electrons. The molecule has 1 aromatic heterocycles. The second kappa shape index (κ2) is 4.42. The van der Waals surface area contributed by atoms with Crippen LogP contribution in [0.15, 0.2) is 18.5 Å². The average Bonchev–Trinajstić information content (AvgIpc) is 2.80. The van der Waals surface area contributed by atoms with Crippen molar-refractivity contribution in [1.29, 1.82) is 0 Å². The van der Waals surface area contributed by atoms with Crippen LogP contribution in [0.4, 0.5) is 10.5 Å². The normalized spacial score (nSPS) is 22.1.